The molecule has 0 saturated carbocycles. The Balaban J connectivity index is 1.61. The zero-order chi connectivity index (χ0) is 74.0. The molecule has 39 heteroatoms. The van der Waals surface area contributed by atoms with Crippen LogP contribution in [0.4, 0.5) is 0 Å². The highest BCUT2D eigenvalue weighted by Crippen LogP contribution is 2.25. The van der Waals surface area contributed by atoms with Gasteiger partial charge in [-0.1, -0.05) is 0 Å². The average Bonchev–Trinajstić information content (AvgIpc) is 0.821. The third kappa shape index (κ3) is 35.8. The topological polar surface area (TPSA) is 544 Å². The van der Waals surface area contributed by atoms with Gasteiger partial charge in [0, 0.05) is 59.7 Å². The van der Waals surface area contributed by atoms with Crippen LogP contribution in [0.3, 0.4) is 0 Å². The molecule has 0 spiro atoms. The van der Waals surface area contributed by atoms with Gasteiger partial charge in [-0.15, -0.1) is 0 Å². The van der Waals surface area contributed by atoms with Crippen LogP contribution in [0.5, 0.6) is 0 Å². The van der Waals surface area contributed by atoms with Crippen molar-refractivity contribution in [2.24, 2.45) is 0 Å². The summed E-state index contributed by atoms with van der Waals surface area (Å²) < 4.78 is 77.9. The lowest BCUT2D eigenvalue weighted by Gasteiger charge is -2.42. The van der Waals surface area contributed by atoms with Crippen LogP contribution in [0.15, 0.2) is 0 Å². The molecule has 3 aliphatic rings. The van der Waals surface area contributed by atoms with Gasteiger partial charge >= 0.3 is 0 Å². The quantitative estimate of drug-likeness (QED) is 0.0252. The molecule has 0 aromatic rings. The van der Waals surface area contributed by atoms with Crippen LogP contribution in [0.1, 0.15) is 73.6 Å². The first-order valence-electron chi connectivity index (χ1n) is 33.3. The molecule has 0 bridgehead atoms. The van der Waals surface area contributed by atoms with E-state index in [9.17, 15) is 84.3 Å². The van der Waals surface area contributed by atoms with Crippen molar-refractivity contribution in [2.45, 2.75) is 183 Å². The molecule has 39 nitrogen and oxygen atoms in total. The van der Waals surface area contributed by atoms with E-state index in [0.29, 0.717) is 33.0 Å². The predicted molar refractivity (Wildman–Crippen MR) is 341 cm³/mol. The van der Waals surface area contributed by atoms with E-state index in [1.54, 1.807) is 0 Å². The van der Waals surface area contributed by atoms with E-state index in [0.717, 1.165) is 0 Å². The lowest BCUT2D eigenvalue weighted by Crippen LogP contribution is -2.64. The van der Waals surface area contributed by atoms with Gasteiger partial charge in [-0.3, -0.25) is 38.4 Å². The molecular formula is C61H110N8O31. The van der Waals surface area contributed by atoms with Crippen LogP contribution in [0.2, 0.25) is 0 Å². The van der Waals surface area contributed by atoms with Crippen LogP contribution in [-0.4, -0.2) is 361 Å². The summed E-state index contributed by atoms with van der Waals surface area (Å²) in [4.78, 5) is 103. The van der Waals surface area contributed by atoms with Gasteiger partial charge in [0.15, 0.2) is 18.9 Å². The van der Waals surface area contributed by atoms with Crippen molar-refractivity contribution in [3.8, 4) is 0 Å². The molecule has 17 N–H and O–H groups in total. The molecule has 0 aliphatic carbocycles. The molecule has 3 rings (SSSR count). The van der Waals surface area contributed by atoms with E-state index < -0.39 is 178 Å². The number of amides is 8. The first-order valence-corrected chi connectivity index (χ1v) is 33.3. The second-order valence-electron chi connectivity index (χ2n) is 24.2. The molecule has 8 amide bonds. The molecule has 580 valence electrons. The highest BCUT2D eigenvalue weighted by Gasteiger charge is 2.48. The van der Waals surface area contributed by atoms with Crippen LogP contribution < -0.4 is 42.5 Å². The highest BCUT2D eigenvalue weighted by molar-refractivity contribution is 5.90. The maximum atomic E-state index is 13.8. The smallest absolute Gasteiger partial charge is 0.242 e. The minimum absolute atomic E-state index is 0.0265. The Morgan fingerprint density at radius 2 is 0.660 bits per heavy atom. The summed E-state index contributed by atoms with van der Waals surface area (Å²) in [5.74, 6) is -5.05. The van der Waals surface area contributed by atoms with Crippen LogP contribution in [0.25, 0.3) is 0 Å². The maximum Gasteiger partial charge on any atom is 0.242 e. The Morgan fingerprint density at radius 3 is 0.990 bits per heavy atom. The second kappa shape index (κ2) is 50.3. The number of ether oxygens (including phenoxy) is 14. The number of nitrogens with one attached hydrogen (secondary N) is 8. The molecule has 0 radical (unpaired) electrons. The van der Waals surface area contributed by atoms with Gasteiger partial charge in [0.05, 0.1) is 144 Å². The summed E-state index contributed by atoms with van der Waals surface area (Å²) in [5.41, 5.74) is -0.256. The van der Waals surface area contributed by atoms with Crippen molar-refractivity contribution in [2.75, 3.05) is 158 Å². The molecule has 0 aromatic carbocycles. The standard InChI is InChI=1S/C61H110N8O31/c1-36(73)65-47-53(82)50(79)41(33-70)98-58(47)94-29-25-88-16-12-62-44(76)9-7-39(56(85)63-13-17-89-26-30-95-59-48(66-37(2)74)54(83)51(80)42(34-71)99-59)68-45(77)10-8-40(69-46(78)11-15-87-19-20-91-21-22-92-23-24-93-28-32-97-61(4,5)6)57(86)64-14-18-90-27-31-96-60-49(67-38(3)75)55(84)52(81)43(35-72)100-60/h39-43,47-55,58-60,70-72,79-84H,7-35H2,1-6H3,(H,62,76)(H,63,85)(H,64,86)(H,65,73)(H,66,74)(H,67,75)(H,68,77)(H,69,78). The molecule has 0 aromatic heterocycles. The van der Waals surface area contributed by atoms with Crippen molar-refractivity contribution in [3.05, 3.63) is 0 Å². The molecule has 3 heterocycles. The Hall–Kier alpha value is -5.16. The summed E-state index contributed by atoms with van der Waals surface area (Å²) in [6.07, 6.45) is -18.1. The van der Waals surface area contributed by atoms with Gasteiger partial charge in [0.2, 0.25) is 47.3 Å². The summed E-state index contributed by atoms with van der Waals surface area (Å²) in [6, 6.07) is -6.24. The maximum absolute atomic E-state index is 13.8. The van der Waals surface area contributed by atoms with Gasteiger partial charge in [0.1, 0.15) is 85.1 Å². The minimum Gasteiger partial charge on any atom is -0.394 e. The number of aliphatic hydroxyl groups is 9. The second-order valence-corrected chi connectivity index (χ2v) is 24.2. The van der Waals surface area contributed by atoms with E-state index in [2.05, 4.69) is 42.5 Å². The zero-order valence-corrected chi connectivity index (χ0v) is 57.8. The first-order chi connectivity index (χ1) is 47.7. The highest BCUT2D eigenvalue weighted by atomic mass is 16.7. The monoisotopic (exact) mass is 1450 g/mol. The Labute approximate surface area is 580 Å². The summed E-state index contributed by atoms with van der Waals surface area (Å²) in [6.45, 7) is 8.66. The predicted octanol–water partition coefficient (Wildman–Crippen LogP) is -8.93. The van der Waals surface area contributed by atoms with Crippen LogP contribution in [-0.2, 0) is 105 Å². The first kappa shape index (κ1) is 89.1. The Bertz CT molecular complexity index is 2360. The van der Waals surface area contributed by atoms with Crippen LogP contribution >= 0.6 is 0 Å². The van der Waals surface area contributed by atoms with E-state index in [1.165, 1.54) is 20.8 Å². The van der Waals surface area contributed by atoms with E-state index in [4.69, 9.17) is 66.3 Å². The normalized spacial score (nSPS) is 26.0. The molecule has 3 aliphatic heterocycles. The number of carbonyl (C=O) groups excluding carboxylic acids is 8. The summed E-state index contributed by atoms with van der Waals surface area (Å²) in [5, 5.41) is 112. The molecule has 17 unspecified atom stereocenters. The summed E-state index contributed by atoms with van der Waals surface area (Å²) in [7, 11) is 0. The van der Waals surface area contributed by atoms with Crippen molar-refractivity contribution < 1.29 is 151 Å². The fourth-order valence-electron chi connectivity index (χ4n) is 9.86. The molecule has 17 atom stereocenters. The van der Waals surface area contributed by atoms with Gasteiger partial charge in [-0.05, 0) is 33.6 Å². The Kier molecular flexibility index (Phi) is 44.8. The SMILES string of the molecule is CC(=O)NC1C(OCCOCCNC(=O)CCC(NC(=O)CCC(NC(=O)CCOCCOCCOCCOCCOC(C)(C)C)C(=O)NCCOCCOC2OC(CO)C(O)C(O)C2NC(C)=O)C(=O)NCCOCCOC2OC(CO)C(O)C(O)C2NC(C)=O)OC(CO)C(O)C1O. The number of aliphatic hydroxyl groups excluding tert-OH is 9. The zero-order valence-electron chi connectivity index (χ0n) is 57.8. The van der Waals surface area contributed by atoms with Gasteiger partial charge in [-0.2, -0.15) is 0 Å². The Morgan fingerprint density at radius 1 is 0.370 bits per heavy atom. The number of rotatable bonds is 52. The lowest BCUT2D eigenvalue weighted by molar-refractivity contribution is -0.272. The number of hydrogen-bond acceptors (Lipinski definition) is 31. The number of carbonyl (C=O) groups is 8. The van der Waals surface area contributed by atoms with Crippen molar-refractivity contribution >= 4 is 47.3 Å². The fraction of sp³-hybridized carbons (Fsp3) is 0.869. The average molecular weight is 1450 g/mol. The molecule has 3 saturated heterocycles. The molecular weight excluding hydrogens is 1340 g/mol. The molecule has 100 heavy (non-hydrogen) atoms. The third-order valence-corrected chi connectivity index (χ3v) is 14.9. The van der Waals surface area contributed by atoms with Crippen LogP contribution in [0, 0.1) is 0 Å². The molecule has 3 fully saturated rings. The van der Waals surface area contributed by atoms with Crippen molar-refractivity contribution in [1.29, 1.82) is 0 Å². The van der Waals surface area contributed by atoms with E-state index in [-0.39, 0.29) is 137 Å². The van der Waals surface area contributed by atoms with Crippen molar-refractivity contribution in [1.82, 2.24) is 42.5 Å². The minimum atomic E-state index is -1.54. The van der Waals surface area contributed by atoms with Gasteiger partial charge in [0.25, 0.3) is 0 Å². The van der Waals surface area contributed by atoms with E-state index >= 15 is 0 Å². The summed E-state index contributed by atoms with van der Waals surface area (Å²) >= 11 is 0. The van der Waals surface area contributed by atoms with Gasteiger partial charge in [-0.25, -0.2) is 0 Å². The van der Waals surface area contributed by atoms with Crippen molar-refractivity contribution in [3.63, 3.8) is 0 Å². The van der Waals surface area contributed by atoms with E-state index in [1.807, 2.05) is 20.8 Å². The van der Waals surface area contributed by atoms with Gasteiger partial charge < -0.3 is 155 Å². The number of hydrogen-bond donors (Lipinski definition) is 17. The fourth-order valence-corrected chi connectivity index (χ4v) is 9.86. The largest absolute Gasteiger partial charge is 0.394 e. The third-order valence-electron chi connectivity index (χ3n) is 14.9. The lowest BCUT2D eigenvalue weighted by atomic mass is 9.97.